The summed E-state index contributed by atoms with van der Waals surface area (Å²) in [5.74, 6) is 0.625. The van der Waals surface area contributed by atoms with Crippen molar-refractivity contribution in [1.82, 2.24) is 14.6 Å². The molecular weight excluding hydrogens is 430 g/mol. The molecule has 1 aliphatic carbocycles. The predicted molar refractivity (Wildman–Crippen MR) is 126 cm³/mol. The number of nitriles is 1. The Hall–Kier alpha value is -4.77. The van der Waals surface area contributed by atoms with Crippen molar-refractivity contribution >= 4 is 11.3 Å². The number of ether oxygens (including phenoxy) is 1. The second-order valence-electron chi connectivity index (χ2n) is 7.79. The summed E-state index contributed by atoms with van der Waals surface area (Å²) >= 11 is 0. The molecule has 8 nitrogen and oxygen atoms in total. The van der Waals surface area contributed by atoms with E-state index >= 15 is 0 Å². The van der Waals surface area contributed by atoms with Gasteiger partial charge in [-0.05, 0) is 36.3 Å². The third-order valence-electron chi connectivity index (χ3n) is 5.70. The molecule has 0 radical (unpaired) electrons. The van der Waals surface area contributed by atoms with E-state index in [1.807, 2.05) is 48.6 Å². The van der Waals surface area contributed by atoms with Crippen LogP contribution >= 0.6 is 0 Å². The highest BCUT2D eigenvalue weighted by atomic mass is 16.6. The van der Waals surface area contributed by atoms with E-state index in [0.29, 0.717) is 41.2 Å². The molecule has 8 heteroatoms. The smallest absolute Gasteiger partial charge is 0.278 e. The molecule has 0 bridgehead atoms. The van der Waals surface area contributed by atoms with Gasteiger partial charge >= 0.3 is 0 Å². The first kappa shape index (κ1) is 21.1. The van der Waals surface area contributed by atoms with E-state index in [2.05, 4.69) is 11.1 Å². The van der Waals surface area contributed by atoms with E-state index in [1.165, 1.54) is 10.6 Å². The standard InChI is InChI=1S/C26H19N5O3/c27-16-22-25(19-10-12-20(13-11-19)34-17-18-6-2-1-3-7-18)29-30-23(14-15-28-26(22)30)21-8-4-5-9-24(21)31(32)33/h1-10,12-15,19H,11,17H2. The molecule has 166 valence electrons. The van der Waals surface area contributed by atoms with E-state index in [-0.39, 0.29) is 11.6 Å². The summed E-state index contributed by atoms with van der Waals surface area (Å²) in [5.41, 5.74) is 3.27. The summed E-state index contributed by atoms with van der Waals surface area (Å²) in [7, 11) is 0. The number of nitro benzene ring substituents is 1. The van der Waals surface area contributed by atoms with Gasteiger partial charge in [-0.25, -0.2) is 9.50 Å². The Kier molecular flexibility index (Phi) is 5.58. The fourth-order valence-electron chi connectivity index (χ4n) is 4.03. The molecule has 1 atom stereocenters. The third kappa shape index (κ3) is 3.91. The van der Waals surface area contributed by atoms with Crippen molar-refractivity contribution in [2.24, 2.45) is 0 Å². The zero-order chi connectivity index (χ0) is 23.5. The monoisotopic (exact) mass is 449 g/mol. The SMILES string of the molecule is N#Cc1c(C2C=CC(OCc3ccccc3)=CC2)nn2c(-c3ccccc3[N+](=O)[O-])ccnc12. The summed E-state index contributed by atoms with van der Waals surface area (Å²) in [5, 5.41) is 26.1. The highest BCUT2D eigenvalue weighted by Crippen LogP contribution is 2.34. The van der Waals surface area contributed by atoms with Gasteiger partial charge in [-0.15, -0.1) is 0 Å². The van der Waals surface area contributed by atoms with Crippen LogP contribution in [-0.4, -0.2) is 19.5 Å². The van der Waals surface area contributed by atoms with Crippen LogP contribution in [0.4, 0.5) is 5.69 Å². The van der Waals surface area contributed by atoms with Gasteiger partial charge in [-0.2, -0.15) is 10.4 Å². The van der Waals surface area contributed by atoms with Crippen molar-refractivity contribution in [3.8, 4) is 17.3 Å². The number of nitrogens with zero attached hydrogens (tertiary/aromatic N) is 5. The summed E-state index contributed by atoms with van der Waals surface area (Å²) in [6, 6.07) is 20.3. The van der Waals surface area contributed by atoms with Gasteiger partial charge in [0.1, 0.15) is 24.0 Å². The Morgan fingerprint density at radius 2 is 1.94 bits per heavy atom. The fraction of sp³-hybridized carbons (Fsp3) is 0.115. The average Bonchev–Trinajstić information content (AvgIpc) is 3.27. The van der Waals surface area contributed by atoms with Crippen molar-refractivity contribution in [3.63, 3.8) is 0 Å². The first-order valence-electron chi connectivity index (χ1n) is 10.7. The van der Waals surface area contributed by atoms with Gasteiger partial charge in [-0.1, -0.05) is 48.5 Å². The fourth-order valence-corrected chi connectivity index (χ4v) is 4.03. The van der Waals surface area contributed by atoms with E-state index in [9.17, 15) is 15.4 Å². The van der Waals surface area contributed by atoms with Crippen molar-refractivity contribution in [2.45, 2.75) is 18.9 Å². The number of rotatable bonds is 6. The Bertz CT molecular complexity index is 1480. The molecule has 4 aromatic rings. The van der Waals surface area contributed by atoms with Gasteiger partial charge in [0.2, 0.25) is 0 Å². The molecule has 0 spiro atoms. The number of aromatic nitrogens is 3. The Balaban J connectivity index is 1.46. The molecule has 34 heavy (non-hydrogen) atoms. The van der Waals surface area contributed by atoms with E-state index in [4.69, 9.17) is 9.84 Å². The minimum absolute atomic E-state index is 0.0359. The van der Waals surface area contributed by atoms with Crippen LogP contribution in [-0.2, 0) is 11.3 Å². The van der Waals surface area contributed by atoms with Gasteiger partial charge < -0.3 is 4.74 Å². The van der Waals surface area contributed by atoms with Crippen molar-refractivity contribution in [1.29, 1.82) is 5.26 Å². The Labute approximate surface area is 195 Å². The number of benzene rings is 2. The molecule has 0 aliphatic heterocycles. The predicted octanol–water partition coefficient (Wildman–Crippen LogP) is 5.32. The molecule has 1 aliphatic rings. The average molecular weight is 449 g/mol. The van der Waals surface area contributed by atoms with Crippen LogP contribution in [0.3, 0.4) is 0 Å². The van der Waals surface area contributed by atoms with Gasteiger partial charge in [0.25, 0.3) is 5.69 Å². The van der Waals surface area contributed by atoms with Crippen LogP contribution in [0.1, 0.15) is 29.2 Å². The summed E-state index contributed by atoms with van der Waals surface area (Å²) in [6.45, 7) is 0.475. The van der Waals surface area contributed by atoms with Crippen LogP contribution in [0, 0.1) is 21.4 Å². The lowest BCUT2D eigenvalue weighted by Crippen LogP contribution is -2.04. The normalized spacial score (nSPS) is 15.0. The van der Waals surface area contributed by atoms with Crippen LogP contribution in [0.25, 0.3) is 16.9 Å². The molecule has 0 saturated heterocycles. The number of nitro groups is 1. The minimum atomic E-state index is -0.428. The molecule has 0 fully saturated rings. The molecule has 0 N–H and O–H groups in total. The van der Waals surface area contributed by atoms with Crippen molar-refractivity contribution < 1.29 is 9.66 Å². The maximum atomic E-state index is 11.6. The zero-order valence-corrected chi connectivity index (χ0v) is 18.0. The van der Waals surface area contributed by atoms with Gasteiger partial charge in [0, 0.05) is 18.2 Å². The van der Waals surface area contributed by atoms with Crippen LogP contribution in [0.15, 0.2) is 90.8 Å². The van der Waals surface area contributed by atoms with Crippen molar-refractivity contribution in [3.05, 3.63) is 118 Å². The van der Waals surface area contributed by atoms with Gasteiger partial charge in [-0.3, -0.25) is 10.1 Å². The zero-order valence-electron chi connectivity index (χ0n) is 18.0. The molecule has 0 saturated carbocycles. The highest BCUT2D eigenvalue weighted by molar-refractivity contribution is 5.73. The minimum Gasteiger partial charge on any atom is -0.489 e. The van der Waals surface area contributed by atoms with Gasteiger partial charge in [0.15, 0.2) is 5.65 Å². The first-order chi connectivity index (χ1) is 16.7. The topological polar surface area (TPSA) is 106 Å². The number of para-hydroxylation sites is 1. The first-order valence-corrected chi connectivity index (χ1v) is 10.7. The Morgan fingerprint density at radius 1 is 1.15 bits per heavy atom. The number of hydrogen-bond acceptors (Lipinski definition) is 6. The maximum Gasteiger partial charge on any atom is 0.278 e. The molecule has 1 unspecified atom stereocenters. The number of fused-ring (bicyclic) bond motifs is 1. The maximum absolute atomic E-state index is 11.6. The number of hydrogen-bond donors (Lipinski definition) is 0. The van der Waals surface area contributed by atoms with Crippen LogP contribution < -0.4 is 0 Å². The lowest BCUT2D eigenvalue weighted by atomic mass is 9.94. The molecule has 2 aromatic carbocycles. The second-order valence-corrected chi connectivity index (χ2v) is 7.79. The highest BCUT2D eigenvalue weighted by Gasteiger charge is 2.25. The third-order valence-corrected chi connectivity index (χ3v) is 5.70. The molecular formula is C26H19N5O3. The molecule has 0 amide bonds. The van der Waals surface area contributed by atoms with Crippen LogP contribution in [0.2, 0.25) is 0 Å². The lowest BCUT2D eigenvalue weighted by Gasteiger charge is -2.15. The summed E-state index contributed by atoms with van der Waals surface area (Å²) in [4.78, 5) is 15.5. The van der Waals surface area contributed by atoms with Crippen LogP contribution in [0.5, 0.6) is 0 Å². The molecule has 2 aromatic heterocycles. The van der Waals surface area contributed by atoms with E-state index in [0.717, 1.165) is 11.3 Å². The molecule has 5 rings (SSSR count). The summed E-state index contributed by atoms with van der Waals surface area (Å²) in [6.07, 6.45) is 7.99. The second kappa shape index (κ2) is 9.00. The van der Waals surface area contributed by atoms with Gasteiger partial charge in [0.05, 0.1) is 21.9 Å². The lowest BCUT2D eigenvalue weighted by molar-refractivity contribution is -0.384. The quantitative estimate of drug-likeness (QED) is 0.291. The Morgan fingerprint density at radius 3 is 2.68 bits per heavy atom. The number of allylic oxidation sites excluding steroid dienone is 3. The van der Waals surface area contributed by atoms with E-state index in [1.54, 1.807) is 30.5 Å². The largest absolute Gasteiger partial charge is 0.489 e. The summed E-state index contributed by atoms with van der Waals surface area (Å²) < 4.78 is 7.41. The molecule has 2 heterocycles. The van der Waals surface area contributed by atoms with Crippen molar-refractivity contribution in [2.75, 3.05) is 0 Å². The van der Waals surface area contributed by atoms with E-state index < -0.39 is 4.92 Å².